The van der Waals surface area contributed by atoms with Gasteiger partial charge >= 0.3 is 6.03 Å². The molecule has 164 valence electrons. The van der Waals surface area contributed by atoms with Gasteiger partial charge in [0.2, 0.25) is 5.91 Å². The lowest BCUT2D eigenvalue weighted by atomic mass is 9.99. The zero-order valence-electron chi connectivity index (χ0n) is 17.5. The predicted octanol–water partition coefficient (Wildman–Crippen LogP) is 2.98. The van der Waals surface area contributed by atoms with Crippen LogP contribution in [0.3, 0.4) is 0 Å². The Labute approximate surface area is 180 Å². The Morgan fingerprint density at radius 1 is 1.10 bits per heavy atom. The fourth-order valence-electron chi connectivity index (χ4n) is 5.29. The van der Waals surface area contributed by atoms with E-state index >= 15 is 0 Å². The fraction of sp³-hybridized carbons (Fsp3) is 0.522. The van der Waals surface area contributed by atoms with Crippen molar-refractivity contribution in [1.29, 1.82) is 0 Å². The molecule has 3 aliphatic rings. The van der Waals surface area contributed by atoms with Crippen molar-refractivity contribution in [1.82, 2.24) is 19.4 Å². The number of fused-ring (bicyclic) bond motifs is 3. The molecule has 0 radical (unpaired) electrons. The quantitative estimate of drug-likeness (QED) is 0.681. The highest BCUT2D eigenvalue weighted by Crippen LogP contribution is 2.37. The number of nitrogens with zero attached hydrogens (tertiary/aromatic N) is 4. The molecule has 1 aromatic carbocycles. The first-order valence-electron chi connectivity index (χ1n) is 11.1. The molecule has 2 atom stereocenters. The maximum absolute atomic E-state index is 13.8. The molecule has 2 bridgehead atoms. The molecule has 8 heteroatoms. The molecule has 1 aromatic heterocycles. The Morgan fingerprint density at radius 2 is 1.87 bits per heavy atom. The number of ether oxygens (including phenoxy) is 1. The number of imidazole rings is 1. The molecule has 2 saturated heterocycles. The highest BCUT2D eigenvalue weighted by atomic mass is 19.1. The summed E-state index contributed by atoms with van der Waals surface area (Å²) >= 11 is 0. The molecular weight excluding hydrogens is 399 g/mol. The summed E-state index contributed by atoms with van der Waals surface area (Å²) in [6, 6.07) is 7.38. The predicted molar refractivity (Wildman–Crippen MR) is 111 cm³/mol. The van der Waals surface area contributed by atoms with E-state index in [0.717, 1.165) is 38.6 Å². The summed E-state index contributed by atoms with van der Waals surface area (Å²) in [4.78, 5) is 32.8. The number of carbonyl (C=O) groups excluding carboxylic acids is 2. The van der Waals surface area contributed by atoms with Crippen LogP contribution in [0.15, 0.2) is 36.7 Å². The largest absolute Gasteiger partial charge is 0.373 e. The van der Waals surface area contributed by atoms with Crippen molar-refractivity contribution in [3.05, 3.63) is 53.9 Å². The van der Waals surface area contributed by atoms with E-state index in [0.29, 0.717) is 36.6 Å². The van der Waals surface area contributed by atoms with Gasteiger partial charge in [-0.3, -0.25) is 19.2 Å². The Balaban J connectivity index is 1.12. The van der Waals surface area contributed by atoms with Crippen LogP contribution < -0.4 is 0 Å². The smallest absolute Gasteiger partial charge is 0.336 e. The van der Waals surface area contributed by atoms with Crippen LogP contribution in [-0.4, -0.2) is 62.6 Å². The van der Waals surface area contributed by atoms with Gasteiger partial charge in [0.15, 0.2) is 0 Å². The van der Waals surface area contributed by atoms with Crippen LogP contribution in [0.2, 0.25) is 0 Å². The van der Waals surface area contributed by atoms with Gasteiger partial charge in [-0.15, -0.1) is 0 Å². The van der Waals surface area contributed by atoms with Gasteiger partial charge in [0.05, 0.1) is 19.1 Å². The number of hydrogen-bond acceptors (Lipinski definition) is 5. The SMILES string of the molecule is O=C1Cc2nccn2C(=O)N1CCCN1C2CCC1CC(OCc1ccccc1F)C2. The molecule has 2 unspecified atom stereocenters. The molecule has 2 aromatic rings. The van der Waals surface area contributed by atoms with Crippen molar-refractivity contribution in [2.24, 2.45) is 0 Å². The minimum absolute atomic E-state index is 0.151. The monoisotopic (exact) mass is 426 g/mol. The number of aromatic nitrogens is 2. The molecule has 31 heavy (non-hydrogen) atoms. The number of piperidine rings is 1. The summed E-state index contributed by atoms with van der Waals surface area (Å²) in [7, 11) is 0. The van der Waals surface area contributed by atoms with E-state index < -0.39 is 0 Å². The van der Waals surface area contributed by atoms with Crippen molar-refractivity contribution in [2.45, 2.75) is 63.3 Å². The van der Waals surface area contributed by atoms with E-state index in [2.05, 4.69) is 9.88 Å². The standard InChI is InChI=1S/C23H27FN4O3/c24-20-5-2-1-4-16(20)15-31-19-12-17-6-7-18(13-19)26(17)9-3-10-28-22(29)14-21-25-8-11-27(21)23(28)30/h1-2,4-5,8,11,17-19H,3,6-7,9-10,12-15H2. The highest BCUT2D eigenvalue weighted by Gasteiger charge is 2.41. The van der Waals surface area contributed by atoms with E-state index in [4.69, 9.17) is 4.74 Å². The van der Waals surface area contributed by atoms with Crippen LogP contribution in [0.1, 0.15) is 43.5 Å². The summed E-state index contributed by atoms with van der Waals surface area (Å²) in [5, 5.41) is 0. The zero-order valence-corrected chi connectivity index (χ0v) is 17.5. The van der Waals surface area contributed by atoms with Crippen LogP contribution in [0.4, 0.5) is 9.18 Å². The second kappa shape index (κ2) is 8.51. The molecular formula is C23H27FN4O3. The van der Waals surface area contributed by atoms with Gasteiger partial charge in [-0.1, -0.05) is 18.2 Å². The van der Waals surface area contributed by atoms with Gasteiger partial charge in [-0.05, 0) is 38.2 Å². The lowest BCUT2D eigenvalue weighted by molar-refractivity contribution is -0.128. The van der Waals surface area contributed by atoms with Crippen molar-refractivity contribution in [3.8, 4) is 0 Å². The van der Waals surface area contributed by atoms with E-state index in [1.807, 2.05) is 6.07 Å². The summed E-state index contributed by atoms with van der Waals surface area (Å²) < 4.78 is 21.4. The van der Waals surface area contributed by atoms with E-state index in [9.17, 15) is 14.0 Å². The van der Waals surface area contributed by atoms with Crippen LogP contribution in [-0.2, 0) is 22.6 Å². The van der Waals surface area contributed by atoms with Crippen molar-refractivity contribution in [3.63, 3.8) is 0 Å². The molecule has 5 rings (SSSR count). The molecule has 0 N–H and O–H groups in total. The van der Waals surface area contributed by atoms with Crippen LogP contribution in [0, 0.1) is 5.82 Å². The number of benzene rings is 1. The van der Waals surface area contributed by atoms with Crippen LogP contribution in [0.5, 0.6) is 0 Å². The molecule has 4 heterocycles. The first-order chi connectivity index (χ1) is 15.1. The number of rotatable bonds is 7. The minimum Gasteiger partial charge on any atom is -0.373 e. The van der Waals surface area contributed by atoms with E-state index in [1.54, 1.807) is 24.5 Å². The summed E-state index contributed by atoms with van der Waals surface area (Å²) in [6.45, 7) is 1.61. The maximum atomic E-state index is 13.8. The van der Waals surface area contributed by atoms with Crippen LogP contribution >= 0.6 is 0 Å². The Bertz CT molecular complexity index is 963. The first kappa shape index (κ1) is 20.3. The Hall–Kier alpha value is -2.58. The number of amides is 2. The second-order valence-corrected chi connectivity index (χ2v) is 8.69. The van der Waals surface area contributed by atoms with Crippen LogP contribution in [0.25, 0.3) is 0 Å². The minimum atomic E-state index is -0.299. The Kier molecular flexibility index (Phi) is 5.58. The summed E-state index contributed by atoms with van der Waals surface area (Å²) in [5.74, 6) is 0.126. The maximum Gasteiger partial charge on any atom is 0.336 e. The molecule has 0 saturated carbocycles. The normalized spacial score (nSPS) is 25.8. The molecule has 3 aliphatic heterocycles. The molecule has 2 amide bonds. The number of hydrogen-bond donors (Lipinski definition) is 0. The van der Waals surface area contributed by atoms with Gasteiger partial charge in [0.1, 0.15) is 11.6 Å². The Morgan fingerprint density at radius 3 is 2.65 bits per heavy atom. The van der Waals surface area contributed by atoms with Gasteiger partial charge in [0, 0.05) is 43.1 Å². The van der Waals surface area contributed by atoms with Gasteiger partial charge < -0.3 is 4.74 Å². The zero-order chi connectivity index (χ0) is 21.4. The topological polar surface area (TPSA) is 67.7 Å². The number of imide groups is 1. The lowest BCUT2D eigenvalue weighted by Gasteiger charge is -2.39. The van der Waals surface area contributed by atoms with E-state index in [-0.39, 0.29) is 30.3 Å². The van der Waals surface area contributed by atoms with Crippen molar-refractivity contribution >= 4 is 11.9 Å². The number of carbonyl (C=O) groups is 2. The van der Waals surface area contributed by atoms with Crippen molar-refractivity contribution < 1.29 is 18.7 Å². The summed E-state index contributed by atoms with van der Waals surface area (Å²) in [6.07, 6.45) is 8.44. The third kappa shape index (κ3) is 4.02. The van der Waals surface area contributed by atoms with E-state index in [1.165, 1.54) is 15.5 Å². The third-order valence-corrected chi connectivity index (χ3v) is 6.84. The average Bonchev–Trinajstić information content (AvgIpc) is 3.31. The van der Waals surface area contributed by atoms with Gasteiger partial charge in [0.25, 0.3) is 0 Å². The molecule has 2 fully saturated rings. The summed E-state index contributed by atoms with van der Waals surface area (Å²) in [5.41, 5.74) is 0.606. The van der Waals surface area contributed by atoms with Gasteiger partial charge in [-0.25, -0.2) is 14.2 Å². The first-order valence-corrected chi connectivity index (χ1v) is 11.1. The lowest BCUT2D eigenvalue weighted by Crippen LogP contribution is -2.48. The van der Waals surface area contributed by atoms with Crippen molar-refractivity contribution in [2.75, 3.05) is 13.1 Å². The molecule has 0 spiro atoms. The highest BCUT2D eigenvalue weighted by molar-refractivity contribution is 5.99. The molecule has 0 aliphatic carbocycles. The average molecular weight is 426 g/mol. The fourth-order valence-corrected chi connectivity index (χ4v) is 5.29. The number of halogens is 1. The van der Waals surface area contributed by atoms with Gasteiger partial charge in [-0.2, -0.15) is 0 Å². The third-order valence-electron chi connectivity index (χ3n) is 6.84. The second-order valence-electron chi connectivity index (χ2n) is 8.69. The molecule has 7 nitrogen and oxygen atoms in total.